The van der Waals surface area contributed by atoms with Crippen molar-refractivity contribution in [2.75, 3.05) is 6.61 Å². The summed E-state index contributed by atoms with van der Waals surface area (Å²) in [6, 6.07) is 8.23. The standard InChI is InChI=1S/C17H22O2/c1-17(11-2-3-12-19-17)16(18)15-9-7-14(8-10-15)13-5-4-6-13/h7-10,13H,2-6,11-12H2,1H3. The maximum atomic E-state index is 12.6. The molecule has 2 nitrogen and oxygen atoms in total. The summed E-state index contributed by atoms with van der Waals surface area (Å²) in [4.78, 5) is 12.6. The summed E-state index contributed by atoms with van der Waals surface area (Å²) in [6.45, 7) is 2.65. The Labute approximate surface area is 115 Å². The Morgan fingerprint density at radius 1 is 1.16 bits per heavy atom. The van der Waals surface area contributed by atoms with Crippen molar-refractivity contribution in [1.82, 2.24) is 0 Å². The molecule has 1 aromatic carbocycles. The fourth-order valence-electron chi connectivity index (χ4n) is 3.07. The van der Waals surface area contributed by atoms with Crippen molar-refractivity contribution in [1.29, 1.82) is 0 Å². The van der Waals surface area contributed by atoms with E-state index in [1.807, 2.05) is 19.1 Å². The molecule has 2 aliphatic rings. The van der Waals surface area contributed by atoms with E-state index in [2.05, 4.69) is 12.1 Å². The second-order valence-electron chi connectivity index (χ2n) is 6.12. The van der Waals surface area contributed by atoms with E-state index in [1.54, 1.807) is 0 Å². The zero-order valence-corrected chi connectivity index (χ0v) is 11.7. The SMILES string of the molecule is CC1(C(=O)c2ccc(C3CCC3)cc2)CCCCO1. The predicted octanol–water partition coefficient (Wildman–Crippen LogP) is 4.10. The van der Waals surface area contributed by atoms with Gasteiger partial charge in [0.2, 0.25) is 0 Å². The van der Waals surface area contributed by atoms with Crippen molar-refractivity contribution in [3.8, 4) is 0 Å². The fraction of sp³-hybridized carbons (Fsp3) is 0.588. The first-order valence-electron chi connectivity index (χ1n) is 7.48. The molecule has 1 unspecified atom stereocenters. The van der Waals surface area contributed by atoms with Gasteiger partial charge in [-0.15, -0.1) is 0 Å². The van der Waals surface area contributed by atoms with Gasteiger partial charge in [-0.05, 0) is 50.5 Å². The maximum absolute atomic E-state index is 12.6. The molecule has 2 fully saturated rings. The number of Topliss-reactive ketones (excluding diaryl/α,β-unsaturated/α-hetero) is 1. The molecular formula is C17H22O2. The van der Waals surface area contributed by atoms with Crippen LogP contribution in [-0.4, -0.2) is 18.0 Å². The normalized spacial score (nSPS) is 27.8. The molecule has 2 heteroatoms. The Balaban J connectivity index is 1.75. The Morgan fingerprint density at radius 2 is 1.89 bits per heavy atom. The molecule has 1 aliphatic heterocycles. The van der Waals surface area contributed by atoms with E-state index < -0.39 is 5.60 Å². The summed E-state index contributed by atoms with van der Waals surface area (Å²) in [5.41, 5.74) is 1.58. The highest BCUT2D eigenvalue weighted by molar-refractivity contribution is 6.02. The molecule has 1 aliphatic carbocycles. The lowest BCUT2D eigenvalue weighted by Crippen LogP contribution is -2.41. The molecule has 0 amide bonds. The van der Waals surface area contributed by atoms with E-state index in [0.717, 1.165) is 30.7 Å². The van der Waals surface area contributed by atoms with Crippen molar-refractivity contribution in [3.63, 3.8) is 0 Å². The molecule has 1 atom stereocenters. The van der Waals surface area contributed by atoms with Crippen molar-refractivity contribution >= 4 is 5.78 Å². The second kappa shape index (κ2) is 5.09. The fourth-order valence-corrected chi connectivity index (χ4v) is 3.07. The van der Waals surface area contributed by atoms with Gasteiger partial charge >= 0.3 is 0 Å². The van der Waals surface area contributed by atoms with Gasteiger partial charge in [0.25, 0.3) is 0 Å². The van der Waals surface area contributed by atoms with Crippen LogP contribution in [0.2, 0.25) is 0 Å². The molecule has 0 bridgehead atoms. The quantitative estimate of drug-likeness (QED) is 0.763. The van der Waals surface area contributed by atoms with Gasteiger partial charge < -0.3 is 4.74 Å². The minimum atomic E-state index is -0.601. The summed E-state index contributed by atoms with van der Waals surface area (Å²) in [5, 5.41) is 0. The number of ketones is 1. The molecule has 0 N–H and O–H groups in total. The number of benzene rings is 1. The molecule has 1 saturated heterocycles. The first-order valence-corrected chi connectivity index (χ1v) is 7.48. The van der Waals surface area contributed by atoms with E-state index in [9.17, 15) is 4.79 Å². The van der Waals surface area contributed by atoms with Gasteiger partial charge in [-0.25, -0.2) is 0 Å². The van der Waals surface area contributed by atoms with Crippen LogP contribution in [0.1, 0.15) is 67.3 Å². The number of hydrogen-bond acceptors (Lipinski definition) is 2. The predicted molar refractivity (Wildman–Crippen MR) is 75.6 cm³/mol. The zero-order valence-electron chi connectivity index (χ0n) is 11.7. The van der Waals surface area contributed by atoms with Crippen LogP contribution in [0.25, 0.3) is 0 Å². The Kier molecular flexibility index (Phi) is 3.44. The maximum Gasteiger partial charge on any atom is 0.194 e. The highest BCUT2D eigenvalue weighted by Crippen LogP contribution is 2.36. The summed E-state index contributed by atoms with van der Waals surface area (Å²) in [5.74, 6) is 0.873. The highest BCUT2D eigenvalue weighted by atomic mass is 16.5. The Bertz CT molecular complexity index is 451. The minimum absolute atomic E-state index is 0.146. The summed E-state index contributed by atoms with van der Waals surface area (Å²) >= 11 is 0. The average molecular weight is 258 g/mol. The van der Waals surface area contributed by atoms with E-state index in [4.69, 9.17) is 4.74 Å². The van der Waals surface area contributed by atoms with Crippen LogP contribution in [-0.2, 0) is 4.74 Å². The lowest BCUT2D eigenvalue weighted by Gasteiger charge is -2.32. The third-order valence-electron chi connectivity index (χ3n) is 4.70. The highest BCUT2D eigenvalue weighted by Gasteiger charge is 2.36. The van der Waals surface area contributed by atoms with E-state index in [-0.39, 0.29) is 5.78 Å². The molecule has 19 heavy (non-hydrogen) atoms. The average Bonchev–Trinajstić information content (AvgIpc) is 2.38. The Hall–Kier alpha value is -1.15. The van der Waals surface area contributed by atoms with Gasteiger partial charge in [-0.3, -0.25) is 4.79 Å². The molecule has 3 rings (SSSR count). The van der Waals surface area contributed by atoms with Gasteiger partial charge in [0, 0.05) is 12.2 Å². The van der Waals surface area contributed by atoms with Crippen LogP contribution < -0.4 is 0 Å². The van der Waals surface area contributed by atoms with Crippen LogP contribution in [0, 0.1) is 0 Å². The van der Waals surface area contributed by atoms with Crippen molar-refractivity contribution < 1.29 is 9.53 Å². The monoisotopic (exact) mass is 258 g/mol. The van der Waals surface area contributed by atoms with Gasteiger partial charge in [0.05, 0.1) is 0 Å². The molecule has 102 valence electrons. The molecule has 1 saturated carbocycles. The van der Waals surface area contributed by atoms with Crippen LogP contribution in [0.15, 0.2) is 24.3 Å². The Morgan fingerprint density at radius 3 is 2.42 bits per heavy atom. The number of ether oxygens (including phenoxy) is 1. The molecular weight excluding hydrogens is 236 g/mol. The van der Waals surface area contributed by atoms with Crippen molar-refractivity contribution in [2.45, 2.75) is 57.0 Å². The third-order valence-corrected chi connectivity index (χ3v) is 4.70. The number of carbonyl (C=O) groups excluding carboxylic acids is 1. The van der Waals surface area contributed by atoms with Crippen LogP contribution in [0.5, 0.6) is 0 Å². The van der Waals surface area contributed by atoms with E-state index in [0.29, 0.717) is 6.61 Å². The van der Waals surface area contributed by atoms with Crippen LogP contribution >= 0.6 is 0 Å². The third kappa shape index (κ3) is 2.46. The smallest absolute Gasteiger partial charge is 0.194 e. The molecule has 1 heterocycles. The topological polar surface area (TPSA) is 26.3 Å². The molecule has 1 aromatic rings. The van der Waals surface area contributed by atoms with Gasteiger partial charge in [-0.1, -0.05) is 30.7 Å². The van der Waals surface area contributed by atoms with Crippen LogP contribution in [0.4, 0.5) is 0 Å². The lowest BCUT2D eigenvalue weighted by atomic mass is 9.79. The number of hydrogen-bond donors (Lipinski definition) is 0. The summed E-state index contributed by atoms with van der Waals surface area (Å²) < 4.78 is 5.74. The number of carbonyl (C=O) groups is 1. The van der Waals surface area contributed by atoms with Crippen molar-refractivity contribution in [2.24, 2.45) is 0 Å². The van der Waals surface area contributed by atoms with Crippen molar-refractivity contribution in [3.05, 3.63) is 35.4 Å². The largest absolute Gasteiger partial charge is 0.367 e. The summed E-state index contributed by atoms with van der Waals surface area (Å²) in [6.07, 6.45) is 6.95. The first kappa shape index (κ1) is 12.9. The van der Waals surface area contributed by atoms with Crippen LogP contribution in [0.3, 0.4) is 0 Å². The lowest BCUT2D eigenvalue weighted by molar-refractivity contribution is -0.0426. The second-order valence-corrected chi connectivity index (χ2v) is 6.12. The zero-order chi connectivity index (χ0) is 13.3. The van der Waals surface area contributed by atoms with Gasteiger partial charge in [0.15, 0.2) is 5.78 Å². The first-order chi connectivity index (χ1) is 9.19. The van der Waals surface area contributed by atoms with Gasteiger partial charge in [-0.2, -0.15) is 0 Å². The molecule has 0 spiro atoms. The van der Waals surface area contributed by atoms with Gasteiger partial charge in [0.1, 0.15) is 5.60 Å². The molecule has 0 aromatic heterocycles. The van der Waals surface area contributed by atoms with E-state index >= 15 is 0 Å². The minimum Gasteiger partial charge on any atom is -0.367 e. The van der Waals surface area contributed by atoms with E-state index in [1.165, 1.54) is 24.8 Å². The molecule has 0 radical (unpaired) electrons. The summed E-state index contributed by atoms with van der Waals surface area (Å²) in [7, 11) is 0. The number of rotatable bonds is 3.